The van der Waals surface area contributed by atoms with Crippen LogP contribution in [0.4, 0.5) is 14.5 Å². The summed E-state index contributed by atoms with van der Waals surface area (Å²) in [4.78, 5) is 0. The van der Waals surface area contributed by atoms with E-state index < -0.39 is 11.6 Å². The molecule has 1 nitrogen and oxygen atoms in total. The van der Waals surface area contributed by atoms with Crippen LogP contribution in [0.5, 0.6) is 0 Å². The van der Waals surface area contributed by atoms with Crippen LogP contribution in [-0.4, -0.2) is 0 Å². The molecule has 106 valence electrons. The Morgan fingerprint density at radius 1 is 1.00 bits per heavy atom. The van der Waals surface area contributed by atoms with Crippen LogP contribution >= 0.6 is 23.2 Å². The van der Waals surface area contributed by atoms with Crippen LogP contribution in [0.15, 0.2) is 30.3 Å². The van der Waals surface area contributed by atoms with Crippen LogP contribution in [-0.2, 0) is 0 Å². The number of halogens is 4. The maximum atomic E-state index is 13.2. The first-order valence-corrected chi connectivity index (χ1v) is 6.81. The maximum Gasteiger partial charge on any atom is 0.159 e. The van der Waals surface area contributed by atoms with Crippen LogP contribution in [0.25, 0.3) is 0 Å². The molecule has 2 aromatic rings. The molecule has 1 atom stereocenters. The van der Waals surface area contributed by atoms with E-state index in [1.807, 2.05) is 13.8 Å². The summed E-state index contributed by atoms with van der Waals surface area (Å²) in [5.74, 6) is -1.73. The predicted molar refractivity (Wildman–Crippen MR) is 79.6 cm³/mol. The van der Waals surface area contributed by atoms with Crippen molar-refractivity contribution in [3.8, 4) is 0 Å². The van der Waals surface area contributed by atoms with Gasteiger partial charge in [0.15, 0.2) is 11.6 Å². The molecule has 0 radical (unpaired) electrons. The first kappa shape index (κ1) is 15.1. The Hall–Kier alpha value is -1.32. The third-order valence-electron chi connectivity index (χ3n) is 3.06. The van der Waals surface area contributed by atoms with Crippen molar-refractivity contribution in [1.29, 1.82) is 0 Å². The molecule has 0 spiro atoms. The van der Waals surface area contributed by atoms with Crippen molar-refractivity contribution >= 4 is 28.9 Å². The normalized spacial score (nSPS) is 12.3. The smallest absolute Gasteiger partial charge is 0.159 e. The van der Waals surface area contributed by atoms with Gasteiger partial charge >= 0.3 is 0 Å². The van der Waals surface area contributed by atoms with Crippen molar-refractivity contribution in [1.82, 2.24) is 0 Å². The first-order valence-electron chi connectivity index (χ1n) is 6.05. The van der Waals surface area contributed by atoms with Crippen molar-refractivity contribution in [3.63, 3.8) is 0 Å². The zero-order chi connectivity index (χ0) is 14.9. The van der Waals surface area contributed by atoms with E-state index in [2.05, 4.69) is 5.32 Å². The fraction of sp³-hybridized carbons (Fsp3) is 0.200. The van der Waals surface area contributed by atoms with Crippen LogP contribution in [0.2, 0.25) is 10.0 Å². The number of hydrogen-bond acceptors (Lipinski definition) is 1. The Kier molecular flexibility index (Phi) is 4.51. The quantitative estimate of drug-likeness (QED) is 0.760. The largest absolute Gasteiger partial charge is 0.377 e. The summed E-state index contributed by atoms with van der Waals surface area (Å²) in [7, 11) is 0. The Morgan fingerprint density at radius 2 is 1.70 bits per heavy atom. The molecule has 2 rings (SSSR count). The van der Waals surface area contributed by atoms with E-state index in [0.29, 0.717) is 21.3 Å². The van der Waals surface area contributed by atoms with Gasteiger partial charge in [0, 0.05) is 11.1 Å². The Balaban J connectivity index is 2.25. The second-order valence-electron chi connectivity index (χ2n) is 4.62. The molecule has 0 amide bonds. The zero-order valence-corrected chi connectivity index (χ0v) is 12.5. The van der Waals surface area contributed by atoms with Crippen LogP contribution in [0, 0.1) is 18.6 Å². The third-order valence-corrected chi connectivity index (χ3v) is 3.78. The van der Waals surface area contributed by atoms with Gasteiger partial charge in [-0.1, -0.05) is 29.3 Å². The summed E-state index contributed by atoms with van der Waals surface area (Å²) in [6.07, 6.45) is 0. The van der Waals surface area contributed by atoms with Crippen LogP contribution < -0.4 is 5.32 Å². The third kappa shape index (κ3) is 3.22. The topological polar surface area (TPSA) is 12.0 Å². The molecule has 0 heterocycles. The van der Waals surface area contributed by atoms with Crippen molar-refractivity contribution in [2.45, 2.75) is 19.9 Å². The van der Waals surface area contributed by atoms with Gasteiger partial charge in [0.2, 0.25) is 0 Å². The molecule has 0 aliphatic carbocycles. The van der Waals surface area contributed by atoms with E-state index in [1.165, 1.54) is 6.07 Å². The predicted octanol–water partition coefficient (Wildman–Crippen LogP) is 5.75. The molecule has 20 heavy (non-hydrogen) atoms. The van der Waals surface area contributed by atoms with Gasteiger partial charge in [0.25, 0.3) is 0 Å². The molecule has 0 saturated heterocycles. The molecule has 5 heteroatoms. The average molecular weight is 316 g/mol. The SMILES string of the molecule is Cc1cc(Cl)c(NC(C)c2ccc(F)c(F)c2)cc1Cl. The average Bonchev–Trinajstić information content (AvgIpc) is 2.39. The number of hydrogen-bond donors (Lipinski definition) is 1. The monoisotopic (exact) mass is 315 g/mol. The summed E-state index contributed by atoms with van der Waals surface area (Å²) in [6, 6.07) is 7.03. The second-order valence-corrected chi connectivity index (χ2v) is 5.44. The van der Waals surface area contributed by atoms with Crippen molar-refractivity contribution in [3.05, 3.63) is 63.1 Å². The van der Waals surface area contributed by atoms with E-state index in [0.717, 1.165) is 17.7 Å². The fourth-order valence-electron chi connectivity index (χ4n) is 1.86. The summed E-state index contributed by atoms with van der Waals surface area (Å²) in [5, 5.41) is 4.26. The molecule has 2 aromatic carbocycles. The number of aryl methyl sites for hydroxylation is 1. The zero-order valence-electron chi connectivity index (χ0n) is 11.0. The fourth-order valence-corrected chi connectivity index (χ4v) is 2.29. The molecule has 0 aromatic heterocycles. The lowest BCUT2D eigenvalue weighted by Crippen LogP contribution is -2.08. The molecule has 0 saturated carbocycles. The summed E-state index contributed by atoms with van der Waals surface area (Å²) >= 11 is 12.2. The molecule has 0 fully saturated rings. The van der Waals surface area contributed by atoms with E-state index in [-0.39, 0.29) is 6.04 Å². The molecule has 0 aliphatic rings. The minimum absolute atomic E-state index is 0.235. The van der Waals surface area contributed by atoms with Gasteiger partial charge in [0.05, 0.1) is 10.7 Å². The molecule has 1 unspecified atom stereocenters. The highest BCUT2D eigenvalue weighted by Gasteiger charge is 2.12. The van der Waals surface area contributed by atoms with E-state index >= 15 is 0 Å². The minimum Gasteiger partial charge on any atom is -0.377 e. The van der Waals surface area contributed by atoms with Gasteiger partial charge in [-0.25, -0.2) is 8.78 Å². The lowest BCUT2D eigenvalue weighted by atomic mass is 10.1. The lowest BCUT2D eigenvalue weighted by Gasteiger charge is -2.18. The molecule has 0 aliphatic heterocycles. The first-order chi connectivity index (χ1) is 9.38. The Morgan fingerprint density at radius 3 is 2.35 bits per heavy atom. The lowest BCUT2D eigenvalue weighted by molar-refractivity contribution is 0.506. The van der Waals surface area contributed by atoms with E-state index in [9.17, 15) is 8.78 Å². The van der Waals surface area contributed by atoms with Crippen molar-refractivity contribution < 1.29 is 8.78 Å². The molecule has 0 bridgehead atoms. The van der Waals surface area contributed by atoms with Gasteiger partial charge in [-0.2, -0.15) is 0 Å². The maximum absolute atomic E-state index is 13.2. The van der Waals surface area contributed by atoms with Gasteiger partial charge in [-0.05, 0) is 49.2 Å². The van der Waals surface area contributed by atoms with Gasteiger partial charge in [0.1, 0.15) is 0 Å². The highest BCUT2D eigenvalue weighted by Crippen LogP contribution is 2.31. The van der Waals surface area contributed by atoms with Gasteiger partial charge < -0.3 is 5.32 Å². The summed E-state index contributed by atoms with van der Waals surface area (Å²) in [5.41, 5.74) is 2.15. The minimum atomic E-state index is -0.871. The summed E-state index contributed by atoms with van der Waals surface area (Å²) < 4.78 is 26.1. The number of anilines is 1. The number of rotatable bonds is 3. The van der Waals surface area contributed by atoms with Crippen molar-refractivity contribution in [2.75, 3.05) is 5.32 Å². The molecular weight excluding hydrogens is 303 g/mol. The highest BCUT2D eigenvalue weighted by molar-refractivity contribution is 6.35. The number of benzene rings is 2. The van der Waals surface area contributed by atoms with Gasteiger partial charge in [-0.15, -0.1) is 0 Å². The molecular formula is C15H13Cl2F2N. The van der Waals surface area contributed by atoms with E-state index in [4.69, 9.17) is 23.2 Å². The number of nitrogens with one attached hydrogen (secondary N) is 1. The highest BCUT2D eigenvalue weighted by atomic mass is 35.5. The Bertz CT molecular complexity index is 644. The van der Waals surface area contributed by atoms with Crippen LogP contribution in [0.3, 0.4) is 0 Å². The standard InChI is InChI=1S/C15H13Cl2F2N/c1-8-5-12(17)15(7-11(8)16)20-9(2)10-3-4-13(18)14(19)6-10/h3-7,9,20H,1-2H3. The van der Waals surface area contributed by atoms with Crippen molar-refractivity contribution in [2.24, 2.45) is 0 Å². The Labute approximate surface area is 126 Å². The van der Waals surface area contributed by atoms with Gasteiger partial charge in [-0.3, -0.25) is 0 Å². The second kappa shape index (κ2) is 5.98. The molecule has 1 N–H and O–H groups in total. The van der Waals surface area contributed by atoms with E-state index in [1.54, 1.807) is 12.1 Å². The summed E-state index contributed by atoms with van der Waals surface area (Å²) in [6.45, 7) is 3.69. The van der Waals surface area contributed by atoms with Crippen LogP contribution in [0.1, 0.15) is 24.1 Å².